The van der Waals surface area contributed by atoms with Crippen LogP contribution in [0.15, 0.2) is 36.5 Å². The minimum atomic E-state index is -0.165. The molecule has 0 fully saturated rings. The molecule has 0 bridgehead atoms. The van der Waals surface area contributed by atoms with Crippen LogP contribution < -0.4 is 14.8 Å². The molecule has 0 spiro atoms. The number of ether oxygens (including phenoxy) is 2. The van der Waals surface area contributed by atoms with Gasteiger partial charge in [-0.2, -0.15) is 14.3 Å². The highest BCUT2D eigenvalue weighted by Crippen LogP contribution is 2.40. The van der Waals surface area contributed by atoms with Crippen molar-refractivity contribution in [3.63, 3.8) is 0 Å². The molecule has 5 rings (SSSR count). The van der Waals surface area contributed by atoms with E-state index in [9.17, 15) is 4.79 Å². The quantitative estimate of drug-likeness (QED) is 0.463. The Morgan fingerprint density at radius 3 is 2.82 bits per heavy atom. The molecule has 3 aromatic heterocycles. The first-order valence-corrected chi connectivity index (χ1v) is 11.1. The third-order valence-electron chi connectivity index (χ3n) is 5.57. The van der Waals surface area contributed by atoms with Crippen molar-refractivity contribution in [3.8, 4) is 17.3 Å². The molecule has 1 aromatic carbocycles. The molecule has 4 heterocycles. The lowest BCUT2D eigenvalue weighted by Gasteiger charge is -2.24. The summed E-state index contributed by atoms with van der Waals surface area (Å²) in [4.78, 5) is 12.7. The standard InChI is InChI=1S/C23H25N7O3/c1-4-10-33-18-7-6-15(11-19(18)32-5-2)16-12-22(31)25-23-17(16)13-24-30(23)21-9-8-20-27-26-14(3)29(20)28-21/h6-9,11,13,16H,4-5,10,12H2,1-3H3,(H,25,31)/t16-/m1/s1. The number of aromatic nitrogens is 6. The number of benzene rings is 1. The van der Waals surface area contributed by atoms with Crippen molar-refractivity contribution >= 4 is 17.4 Å². The lowest BCUT2D eigenvalue weighted by Crippen LogP contribution is -2.25. The molecule has 1 amide bonds. The van der Waals surface area contributed by atoms with Crippen molar-refractivity contribution in [3.05, 3.63) is 53.5 Å². The maximum absolute atomic E-state index is 12.7. The molecule has 33 heavy (non-hydrogen) atoms. The zero-order chi connectivity index (χ0) is 22.9. The fourth-order valence-electron chi connectivity index (χ4n) is 4.03. The molecule has 0 saturated carbocycles. The van der Waals surface area contributed by atoms with Crippen LogP contribution in [-0.4, -0.2) is 48.7 Å². The van der Waals surface area contributed by atoms with Crippen LogP contribution >= 0.6 is 0 Å². The minimum absolute atomic E-state index is 0.0833. The Balaban J connectivity index is 1.55. The van der Waals surface area contributed by atoms with Crippen LogP contribution in [-0.2, 0) is 4.79 Å². The fourth-order valence-corrected chi connectivity index (χ4v) is 4.03. The number of anilines is 1. The molecular weight excluding hydrogens is 422 g/mol. The number of nitrogens with zero attached hydrogens (tertiary/aromatic N) is 6. The van der Waals surface area contributed by atoms with Crippen LogP contribution in [0.2, 0.25) is 0 Å². The first-order valence-electron chi connectivity index (χ1n) is 11.1. The number of fused-ring (bicyclic) bond motifs is 2. The van der Waals surface area contributed by atoms with E-state index in [1.807, 2.05) is 38.1 Å². The van der Waals surface area contributed by atoms with E-state index in [0.29, 0.717) is 54.2 Å². The van der Waals surface area contributed by atoms with E-state index in [2.05, 4.69) is 32.6 Å². The topological polar surface area (TPSA) is 108 Å². The van der Waals surface area contributed by atoms with Crippen LogP contribution in [0.5, 0.6) is 11.5 Å². The fraction of sp³-hybridized carbons (Fsp3) is 0.348. The molecule has 0 saturated heterocycles. The van der Waals surface area contributed by atoms with Gasteiger partial charge in [0.15, 0.2) is 28.8 Å². The minimum Gasteiger partial charge on any atom is -0.490 e. The van der Waals surface area contributed by atoms with Crippen LogP contribution in [0.1, 0.15) is 49.6 Å². The number of amides is 1. The van der Waals surface area contributed by atoms with Crippen molar-refractivity contribution in [2.45, 2.75) is 39.5 Å². The first-order chi connectivity index (χ1) is 16.1. The third-order valence-corrected chi connectivity index (χ3v) is 5.57. The molecule has 1 N–H and O–H groups in total. The summed E-state index contributed by atoms with van der Waals surface area (Å²) >= 11 is 0. The Morgan fingerprint density at radius 2 is 2.00 bits per heavy atom. The van der Waals surface area contributed by atoms with Gasteiger partial charge in [-0.15, -0.1) is 15.3 Å². The molecule has 0 radical (unpaired) electrons. The zero-order valence-electron chi connectivity index (χ0n) is 18.8. The SMILES string of the molecule is CCCOc1ccc([C@H]2CC(=O)Nc3c2cnn3-c2ccc3nnc(C)n3n2)cc1OCC. The van der Waals surface area contributed by atoms with Gasteiger partial charge in [-0.25, -0.2) is 0 Å². The number of nitrogens with one attached hydrogen (secondary N) is 1. The predicted molar refractivity (Wildman–Crippen MR) is 121 cm³/mol. The van der Waals surface area contributed by atoms with Gasteiger partial charge in [0.25, 0.3) is 0 Å². The highest BCUT2D eigenvalue weighted by Gasteiger charge is 2.31. The predicted octanol–water partition coefficient (Wildman–Crippen LogP) is 3.28. The summed E-state index contributed by atoms with van der Waals surface area (Å²) in [6.07, 6.45) is 3.01. The normalized spacial score (nSPS) is 15.4. The summed E-state index contributed by atoms with van der Waals surface area (Å²) in [5, 5.41) is 20.2. The molecule has 10 heteroatoms. The number of aryl methyl sites for hydroxylation is 1. The van der Waals surface area contributed by atoms with E-state index < -0.39 is 0 Å². The van der Waals surface area contributed by atoms with Gasteiger partial charge < -0.3 is 14.8 Å². The molecular formula is C23H25N7O3. The van der Waals surface area contributed by atoms with Crippen LogP contribution in [0.3, 0.4) is 0 Å². The summed E-state index contributed by atoms with van der Waals surface area (Å²) in [7, 11) is 0. The first kappa shape index (κ1) is 20.9. The van der Waals surface area contributed by atoms with Crippen molar-refractivity contribution in [2.24, 2.45) is 0 Å². The Bertz CT molecular complexity index is 1330. The maximum atomic E-state index is 12.7. The maximum Gasteiger partial charge on any atom is 0.226 e. The molecule has 1 aliphatic heterocycles. The Kier molecular flexibility index (Phi) is 5.41. The molecule has 10 nitrogen and oxygen atoms in total. The van der Waals surface area contributed by atoms with E-state index in [1.54, 1.807) is 21.5 Å². The van der Waals surface area contributed by atoms with Crippen molar-refractivity contribution in [1.82, 2.24) is 29.6 Å². The van der Waals surface area contributed by atoms with Gasteiger partial charge in [-0.1, -0.05) is 13.0 Å². The number of hydrogen-bond acceptors (Lipinski definition) is 7. The Hall–Kier alpha value is -3.95. The van der Waals surface area contributed by atoms with Gasteiger partial charge in [0.05, 0.1) is 19.4 Å². The second kappa shape index (κ2) is 8.53. The lowest BCUT2D eigenvalue weighted by atomic mass is 9.87. The van der Waals surface area contributed by atoms with E-state index in [0.717, 1.165) is 17.5 Å². The van der Waals surface area contributed by atoms with Gasteiger partial charge in [0.1, 0.15) is 5.82 Å². The average molecular weight is 447 g/mol. The van der Waals surface area contributed by atoms with Crippen molar-refractivity contribution in [1.29, 1.82) is 0 Å². The molecule has 170 valence electrons. The van der Waals surface area contributed by atoms with Crippen LogP contribution in [0, 0.1) is 6.92 Å². The van der Waals surface area contributed by atoms with Gasteiger partial charge in [-0.3, -0.25) is 4.79 Å². The van der Waals surface area contributed by atoms with E-state index in [-0.39, 0.29) is 11.8 Å². The van der Waals surface area contributed by atoms with Crippen LogP contribution in [0.25, 0.3) is 11.5 Å². The summed E-state index contributed by atoms with van der Waals surface area (Å²) in [5.74, 6) is 2.98. The Labute approximate surface area is 190 Å². The summed E-state index contributed by atoms with van der Waals surface area (Å²) in [6.45, 7) is 6.97. The molecule has 0 unspecified atom stereocenters. The largest absolute Gasteiger partial charge is 0.490 e. The molecule has 0 aliphatic carbocycles. The lowest BCUT2D eigenvalue weighted by molar-refractivity contribution is -0.116. The number of carbonyl (C=O) groups excluding carboxylic acids is 1. The summed E-state index contributed by atoms with van der Waals surface area (Å²) in [6, 6.07) is 9.49. The number of rotatable bonds is 7. The summed E-state index contributed by atoms with van der Waals surface area (Å²) in [5.41, 5.74) is 2.53. The smallest absolute Gasteiger partial charge is 0.226 e. The van der Waals surface area contributed by atoms with Gasteiger partial charge in [-0.05, 0) is 50.1 Å². The van der Waals surface area contributed by atoms with E-state index in [4.69, 9.17) is 9.47 Å². The van der Waals surface area contributed by atoms with E-state index >= 15 is 0 Å². The number of carbonyl (C=O) groups is 1. The highest BCUT2D eigenvalue weighted by atomic mass is 16.5. The van der Waals surface area contributed by atoms with Crippen LogP contribution in [0.4, 0.5) is 5.82 Å². The van der Waals surface area contributed by atoms with Gasteiger partial charge in [0.2, 0.25) is 5.91 Å². The van der Waals surface area contributed by atoms with Crippen molar-refractivity contribution < 1.29 is 14.3 Å². The van der Waals surface area contributed by atoms with Crippen molar-refractivity contribution in [2.75, 3.05) is 18.5 Å². The van der Waals surface area contributed by atoms with E-state index in [1.165, 1.54) is 0 Å². The third kappa shape index (κ3) is 3.77. The highest BCUT2D eigenvalue weighted by molar-refractivity contribution is 5.94. The Morgan fingerprint density at radius 1 is 1.12 bits per heavy atom. The van der Waals surface area contributed by atoms with Gasteiger partial charge >= 0.3 is 0 Å². The average Bonchev–Trinajstić information content (AvgIpc) is 3.41. The molecule has 1 aliphatic rings. The zero-order valence-corrected chi connectivity index (χ0v) is 18.8. The second-order valence-corrected chi connectivity index (χ2v) is 7.86. The second-order valence-electron chi connectivity index (χ2n) is 7.86. The monoisotopic (exact) mass is 447 g/mol. The van der Waals surface area contributed by atoms with Gasteiger partial charge in [0, 0.05) is 17.9 Å². The summed E-state index contributed by atoms with van der Waals surface area (Å²) < 4.78 is 14.9. The molecule has 4 aromatic rings. The molecule has 1 atom stereocenters. The number of hydrogen-bond donors (Lipinski definition) is 1.